The number of rotatable bonds is 9. The minimum absolute atomic E-state index is 0.498. The van der Waals surface area contributed by atoms with E-state index in [0.717, 1.165) is 28.9 Å². The maximum absolute atomic E-state index is 10.6. The molecule has 2 amide bonds. The predicted molar refractivity (Wildman–Crippen MR) is 105 cm³/mol. The monoisotopic (exact) mass is 371 g/mol. The molecule has 3 N–H and O–H groups in total. The van der Waals surface area contributed by atoms with Crippen molar-refractivity contribution >= 4 is 12.2 Å². The maximum atomic E-state index is 10.6. The van der Waals surface area contributed by atoms with Crippen LogP contribution in [0.25, 0.3) is 0 Å². The molecule has 0 saturated carbocycles. The fraction of sp³-hybridized carbons (Fsp3) is 0.300. The van der Waals surface area contributed by atoms with Crippen molar-refractivity contribution in [2.75, 3.05) is 20.3 Å². The van der Waals surface area contributed by atoms with E-state index in [1.165, 1.54) is 6.21 Å². The molecule has 0 bridgehead atoms. The first-order valence-corrected chi connectivity index (χ1v) is 8.59. The topological polar surface area (TPSA) is 95.2 Å². The van der Waals surface area contributed by atoms with E-state index >= 15 is 0 Å². The fourth-order valence-electron chi connectivity index (χ4n) is 2.50. The van der Waals surface area contributed by atoms with E-state index in [1.54, 1.807) is 25.3 Å². The van der Waals surface area contributed by atoms with Crippen LogP contribution in [0.4, 0.5) is 4.79 Å². The van der Waals surface area contributed by atoms with Crippen molar-refractivity contribution in [2.45, 2.75) is 20.3 Å². The van der Waals surface area contributed by atoms with Gasteiger partial charge in [0.2, 0.25) is 0 Å². The third-order valence-electron chi connectivity index (χ3n) is 3.78. The van der Waals surface area contributed by atoms with E-state index in [1.807, 2.05) is 32.0 Å². The van der Waals surface area contributed by atoms with Gasteiger partial charge in [0.15, 0.2) is 11.5 Å². The number of aryl methyl sites for hydroxylation is 2. The van der Waals surface area contributed by atoms with Crippen molar-refractivity contribution in [1.82, 2.24) is 5.43 Å². The highest BCUT2D eigenvalue weighted by atomic mass is 16.5. The molecule has 2 aromatic carbocycles. The number of urea groups is 1. The number of nitrogens with zero attached hydrogens (tertiary/aromatic N) is 1. The fourth-order valence-corrected chi connectivity index (χ4v) is 2.50. The standard InChI is InChI=1S/C20H25N3O4/c1-14-6-4-7-15(2)19(14)27-11-5-10-26-17-9-8-16(12-18(17)25-3)13-22-23-20(21)24/h4,6-9,12-13H,5,10-11H2,1-3H3,(H3,21,23,24)/b22-13+. The van der Waals surface area contributed by atoms with Gasteiger partial charge in [0, 0.05) is 6.42 Å². The first kappa shape index (κ1) is 20.1. The summed E-state index contributed by atoms with van der Waals surface area (Å²) in [6.45, 7) is 5.14. The van der Waals surface area contributed by atoms with Crippen LogP contribution in [0, 0.1) is 13.8 Å². The van der Waals surface area contributed by atoms with Crippen molar-refractivity contribution < 1.29 is 19.0 Å². The zero-order valence-electron chi connectivity index (χ0n) is 15.8. The Labute approximate surface area is 159 Å². The van der Waals surface area contributed by atoms with E-state index in [2.05, 4.69) is 10.5 Å². The van der Waals surface area contributed by atoms with E-state index in [-0.39, 0.29) is 0 Å². The van der Waals surface area contributed by atoms with Crippen LogP contribution < -0.4 is 25.4 Å². The van der Waals surface area contributed by atoms with Gasteiger partial charge in [-0.3, -0.25) is 0 Å². The van der Waals surface area contributed by atoms with Gasteiger partial charge in [0.25, 0.3) is 0 Å². The quantitative estimate of drug-likeness (QED) is 0.402. The average molecular weight is 371 g/mol. The van der Waals surface area contributed by atoms with Crippen molar-refractivity contribution in [3.8, 4) is 17.2 Å². The van der Waals surface area contributed by atoms with Gasteiger partial charge < -0.3 is 19.9 Å². The zero-order valence-corrected chi connectivity index (χ0v) is 15.8. The van der Waals surface area contributed by atoms with Gasteiger partial charge >= 0.3 is 6.03 Å². The number of nitrogens with two attached hydrogens (primary N) is 1. The second-order valence-electron chi connectivity index (χ2n) is 5.92. The molecule has 0 heterocycles. The summed E-state index contributed by atoms with van der Waals surface area (Å²) in [5.41, 5.74) is 10.1. The normalized spacial score (nSPS) is 10.6. The van der Waals surface area contributed by atoms with Crippen LogP contribution in [0.15, 0.2) is 41.5 Å². The van der Waals surface area contributed by atoms with Crippen molar-refractivity contribution in [2.24, 2.45) is 10.8 Å². The molecule has 0 unspecified atom stereocenters. The summed E-state index contributed by atoms with van der Waals surface area (Å²) in [7, 11) is 1.56. The lowest BCUT2D eigenvalue weighted by Crippen LogP contribution is -2.24. The highest BCUT2D eigenvalue weighted by Gasteiger charge is 2.06. The SMILES string of the molecule is COc1cc(/C=N/NC(N)=O)ccc1OCCCOc1c(C)cccc1C. The zero-order chi connectivity index (χ0) is 19.6. The number of hydrogen-bond acceptors (Lipinski definition) is 5. The summed E-state index contributed by atoms with van der Waals surface area (Å²) in [6.07, 6.45) is 2.21. The molecule has 0 fully saturated rings. The summed E-state index contributed by atoms with van der Waals surface area (Å²) >= 11 is 0. The van der Waals surface area contributed by atoms with Crippen molar-refractivity contribution in [3.05, 3.63) is 53.1 Å². The van der Waals surface area contributed by atoms with Crippen LogP contribution in [0.5, 0.6) is 17.2 Å². The number of amides is 2. The summed E-state index contributed by atoms with van der Waals surface area (Å²) in [5, 5.41) is 3.71. The Bertz CT molecular complexity index is 786. The van der Waals surface area contributed by atoms with Crippen molar-refractivity contribution in [1.29, 1.82) is 0 Å². The minimum atomic E-state index is -0.721. The molecule has 144 valence electrons. The third-order valence-corrected chi connectivity index (χ3v) is 3.78. The maximum Gasteiger partial charge on any atom is 0.332 e. The predicted octanol–water partition coefficient (Wildman–Crippen LogP) is 3.16. The van der Waals surface area contributed by atoms with Crippen LogP contribution in [0.1, 0.15) is 23.1 Å². The number of hydrazone groups is 1. The Morgan fingerprint density at radius 3 is 2.48 bits per heavy atom. The summed E-state index contributed by atoms with van der Waals surface area (Å²) in [6, 6.07) is 10.7. The van der Waals surface area contributed by atoms with Crippen LogP contribution >= 0.6 is 0 Å². The number of para-hydroxylation sites is 1. The molecule has 0 radical (unpaired) electrons. The summed E-state index contributed by atoms with van der Waals surface area (Å²) in [5.74, 6) is 2.14. The number of carbonyl (C=O) groups is 1. The molecular weight excluding hydrogens is 346 g/mol. The van der Waals surface area contributed by atoms with Gasteiger partial charge in [-0.2, -0.15) is 5.10 Å². The smallest absolute Gasteiger partial charge is 0.332 e. The second-order valence-corrected chi connectivity index (χ2v) is 5.92. The van der Waals surface area contributed by atoms with E-state index < -0.39 is 6.03 Å². The number of nitrogens with one attached hydrogen (secondary N) is 1. The molecule has 27 heavy (non-hydrogen) atoms. The highest BCUT2D eigenvalue weighted by Crippen LogP contribution is 2.28. The van der Waals surface area contributed by atoms with Gasteiger partial charge in [-0.15, -0.1) is 0 Å². The Hall–Kier alpha value is -3.22. The van der Waals surface area contributed by atoms with E-state index in [4.69, 9.17) is 19.9 Å². The Morgan fingerprint density at radius 2 is 1.81 bits per heavy atom. The number of hydrogen-bond donors (Lipinski definition) is 2. The third kappa shape index (κ3) is 6.22. The van der Waals surface area contributed by atoms with Gasteiger partial charge in [-0.05, 0) is 48.7 Å². The molecule has 0 aliphatic heterocycles. The second kappa shape index (κ2) is 10.1. The lowest BCUT2D eigenvalue weighted by atomic mass is 10.1. The average Bonchev–Trinajstić information content (AvgIpc) is 2.64. The first-order valence-electron chi connectivity index (χ1n) is 8.59. The number of primary amides is 1. The molecule has 0 aromatic heterocycles. The van der Waals surface area contributed by atoms with Crippen molar-refractivity contribution in [3.63, 3.8) is 0 Å². The van der Waals surface area contributed by atoms with Gasteiger partial charge in [-0.25, -0.2) is 10.2 Å². The summed E-state index contributed by atoms with van der Waals surface area (Å²) in [4.78, 5) is 10.6. The molecule has 0 spiro atoms. The molecule has 2 aromatic rings. The molecular formula is C20H25N3O4. The van der Waals surface area contributed by atoms with Crippen LogP contribution in [0.2, 0.25) is 0 Å². The van der Waals surface area contributed by atoms with Gasteiger partial charge in [0.05, 0.1) is 26.5 Å². The number of ether oxygens (including phenoxy) is 3. The largest absolute Gasteiger partial charge is 0.493 e. The first-order chi connectivity index (χ1) is 13.0. The molecule has 7 heteroatoms. The lowest BCUT2D eigenvalue weighted by Gasteiger charge is -2.13. The minimum Gasteiger partial charge on any atom is -0.493 e. The number of benzene rings is 2. The van der Waals surface area contributed by atoms with Crippen LogP contribution in [0.3, 0.4) is 0 Å². The lowest BCUT2D eigenvalue weighted by molar-refractivity contribution is 0.239. The number of carbonyl (C=O) groups excluding carboxylic acids is 1. The van der Waals surface area contributed by atoms with E-state index in [9.17, 15) is 4.79 Å². The van der Waals surface area contributed by atoms with Gasteiger partial charge in [-0.1, -0.05) is 18.2 Å². The molecule has 0 atom stereocenters. The van der Waals surface area contributed by atoms with E-state index in [0.29, 0.717) is 24.7 Å². The molecule has 7 nitrogen and oxygen atoms in total. The Morgan fingerprint density at radius 1 is 1.11 bits per heavy atom. The van der Waals surface area contributed by atoms with Gasteiger partial charge in [0.1, 0.15) is 5.75 Å². The Balaban J connectivity index is 1.84. The van der Waals surface area contributed by atoms with Crippen LogP contribution in [-0.4, -0.2) is 32.6 Å². The Kier molecular flexibility index (Phi) is 7.49. The molecule has 0 saturated heterocycles. The molecule has 0 aliphatic rings. The molecule has 0 aliphatic carbocycles. The number of methoxy groups -OCH3 is 1. The molecule has 2 rings (SSSR count). The highest BCUT2D eigenvalue weighted by molar-refractivity contribution is 5.82. The van der Waals surface area contributed by atoms with Crippen LogP contribution in [-0.2, 0) is 0 Å². The summed E-state index contributed by atoms with van der Waals surface area (Å²) < 4.78 is 17.0.